The lowest BCUT2D eigenvalue weighted by Crippen LogP contribution is -2.44. The molecule has 3 heterocycles. The third-order valence-corrected chi connectivity index (χ3v) is 7.52. The van der Waals surface area contributed by atoms with Gasteiger partial charge in [0.05, 0.1) is 29.1 Å². The van der Waals surface area contributed by atoms with Crippen LogP contribution in [0.15, 0.2) is 64.2 Å². The van der Waals surface area contributed by atoms with E-state index in [1.807, 2.05) is 51.1 Å². The number of halogens is 1. The Bertz CT molecular complexity index is 1320. The molecule has 0 aliphatic carbocycles. The predicted octanol–water partition coefficient (Wildman–Crippen LogP) is 4.76. The first-order valence-corrected chi connectivity index (χ1v) is 12.8. The number of benzene rings is 2. The third kappa shape index (κ3) is 4.78. The fraction of sp³-hybridized carbons (Fsp3) is 0.414. The van der Waals surface area contributed by atoms with Gasteiger partial charge in [0.1, 0.15) is 17.5 Å². The Kier molecular flexibility index (Phi) is 6.62. The molecule has 1 fully saturated rings. The number of rotatable bonds is 6. The number of amides is 1. The van der Waals surface area contributed by atoms with Crippen LogP contribution in [-0.2, 0) is 10.3 Å². The Labute approximate surface area is 216 Å². The van der Waals surface area contributed by atoms with E-state index in [1.54, 1.807) is 23.1 Å². The molecule has 3 aromatic rings. The van der Waals surface area contributed by atoms with Gasteiger partial charge in [-0.3, -0.25) is 10.2 Å². The minimum absolute atomic E-state index is 0.000108. The Balaban J connectivity index is 1.35. The summed E-state index contributed by atoms with van der Waals surface area (Å²) < 4.78 is 19.7. The van der Waals surface area contributed by atoms with E-state index >= 15 is 0 Å². The zero-order chi connectivity index (χ0) is 26.3. The number of aliphatic hydroxyl groups excluding tert-OH is 1. The summed E-state index contributed by atoms with van der Waals surface area (Å²) in [4.78, 5) is 15.5. The van der Waals surface area contributed by atoms with Crippen LogP contribution in [0.1, 0.15) is 56.5 Å². The largest absolute Gasteiger partial charge is 0.391 e. The molecule has 37 heavy (non-hydrogen) atoms. The number of aliphatic hydroxyl groups is 1. The van der Waals surface area contributed by atoms with Crippen molar-refractivity contribution in [3.63, 3.8) is 0 Å². The van der Waals surface area contributed by atoms with Crippen LogP contribution in [0, 0.1) is 18.7 Å². The summed E-state index contributed by atoms with van der Waals surface area (Å²) in [6.07, 6.45) is 0.406. The molecule has 0 saturated carbocycles. The molecule has 8 heteroatoms. The molecule has 5 rings (SSSR count). The van der Waals surface area contributed by atoms with Crippen molar-refractivity contribution in [2.75, 3.05) is 6.54 Å². The van der Waals surface area contributed by atoms with E-state index in [0.29, 0.717) is 24.2 Å². The highest BCUT2D eigenvalue weighted by Gasteiger charge is 2.45. The topological polar surface area (TPSA) is 91.0 Å². The van der Waals surface area contributed by atoms with Crippen molar-refractivity contribution in [2.45, 2.75) is 64.1 Å². The first-order chi connectivity index (χ1) is 17.7. The van der Waals surface area contributed by atoms with Gasteiger partial charge in [-0.15, -0.1) is 0 Å². The number of aryl methyl sites for hydroxylation is 1. The van der Waals surface area contributed by atoms with Gasteiger partial charge in [-0.2, -0.15) is 5.10 Å². The smallest absolute Gasteiger partial charge is 0.234 e. The van der Waals surface area contributed by atoms with E-state index in [2.05, 4.69) is 22.6 Å². The number of nitrogens with one attached hydrogen (secondary N) is 1. The van der Waals surface area contributed by atoms with Gasteiger partial charge in [-0.25, -0.2) is 4.39 Å². The fourth-order valence-corrected chi connectivity index (χ4v) is 5.53. The van der Waals surface area contributed by atoms with E-state index in [1.165, 1.54) is 6.07 Å². The molecule has 0 radical (unpaired) electrons. The molecule has 0 spiro atoms. The average molecular weight is 505 g/mol. The summed E-state index contributed by atoms with van der Waals surface area (Å²) in [5, 5.41) is 19.2. The minimum atomic E-state index is -0.618. The van der Waals surface area contributed by atoms with E-state index in [-0.39, 0.29) is 30.2 Å². The number of β-amino-alcohol motifs (C(OH)–C–C–N with tert-alkyl or cyclic N) is 1. The zero-order valence-corrected chi connectivity index (χ0v) is 21.6. The highest BCUT2D eigenvalue weighted by molar-refractivity contribution is 5.96. The maximum absolute atomic E-state index is 14.2. The molecule has 1 saturated heterocycles. The molecule has 2 N–H and O–H groups in total. The molecular formula is C29H33FN4O3. The van der Waals surface area contributed by atoms with E-state index in [9.17, 15) is 14.3 Å². The van der Waals surface area contributed by atoms with Gasteiger partial charge in [0.25, 0.3) is 0 Å². The molecule has 1 amide bonds. The van der Waals surface area contributed by atoms with E-state index in [0.717, 1.165) is 22.5 Å². The van der Waals surface area contributed by atoms with Gasteiger partial charge in [-0.05, 0) is 37.0 Å². The van der Waals surface area contributed by atoms with Crippen LogP contribution in [-0.4, -0.2) is 45.5 Å². The number of carbonyl (C=O) groups excluding carboxylic acids is 1. The van der Waals surface area contributed by atoms with Gasteiger partial charge >= 0.3 is 0 Å². The van der Waals surface area contributed by atoms with Crippen molar-refractivity contribution in [3.8, 4) is 11.1 Å². The monoisotopic (exact) mass is 504 g/mol. The van der Waals surface area contributed by atoms with Gasteiger partial charge < -0.3 is 14.5 Å². The van der Waals surface area contributed by atoms with Crippen molar-refractivity contribution in [3.05, 3.63) is 77.4 Å². The summed E-state index contributed by atoms with van der Waals surface area (Å²) in [6.45, 7) is 8.12. The Hall–Kier alpha value is -3.52. The second kappa shape index (κ2) is 9.74. The SMILES string of the molecule is Cc1cc([C@H](C(=O)N2CC(O)C[C@H]2C2=NNC(C)(c3ccc(-c4ccccc4F)cc3)C2)C(C)C)on1. The van der Waals surface area contributed by atoms with Gasteiger partial charge in [0, 0.05) is 31.0 Å². The van der Waals surface area contributed by atoms with Crippen molar-refractivity contribution in [1.82, 2.24) is 15.5 Å². The molecule has 2 aliphatic rings. The maximum atomic E-state index is 14.2. The summed E-state index contributed by atoms with van der Waals surface area (Å²) in [7, 11) is 0. The molecule has 1 aromatic heterocycles. The van der Waals surface area contributed by atoms with Crippen molar-refractivity contribution >= 4 is 11.6 Å². The fourth-order valence-electron chi connectivity index (χ4n) is 5.53. The van der Waals surface area contributed by atoms with E-state index in [4.69, 9.17) is 4.52 Å². The number of carbonyl (C=O) groups is 1. The van der Waals surface area contributed by atoms with Crippen LogP contribution >= 0.6 is 0 Å². The molecular weight excluding hydrogens is 471 g/mol. The van der Waals surface area contributed by atoms with Crippen molar-refractivity contribution in [2.24, 2.45) is 11.0 Å². The highest BCUT2D eigenvalue weighted by Crippen LogP contribution is 2.36. The van der Waals surface area contributed by atoms with Crippen LogP contribution < -0.4 is 5.43 Å². The molecule has 7 nitrogen and oxygen atoms in total. The number of hydrogen-bond donors (Lipinski definition) is 2. The van der Waals surface area contributed by atoms with Crippen LogP contribution in [0.2, 0.25) is 0 Å². The molecule has 194 valence electrons. The van der Waals surface area contributed by atoms with Crippen LogP contribution in [0.4, 0.5) is 4.39 Å². The predicted molar refractivity (Wildman–Crippen MR) is 139 cm³/mol. The lowest BCUT2D eigenvalue weighted by atomic mass is 9.85. The number of nitrogens with zero attached hydrogens (tertiary/aromatic N) is 3. The number of hydrazone groups is 1. The molecule has 4 atom stereocenters. The molecule has 2 aliphatic heterocycles. The van der Waals surface area contributed by atoms with Crippen LogP contribution in [0.5, 0.6) is 0 Å². The molecule has 2 aromatic carbocycles. The van der Waals surface area contributed by atoms with Crippen molar-refractivity contribution in [1.29, 1.82) is 0 Å². The quantitative estimate of drug-likeness (QED) is 0.505. The molecule has 2 unspecified atom stereocenters. The van der Waals surface area contributed by atoms with Crippen LogP contribution in [0.3, 0.4) is 0 Å². The summed E-state index contributed by atoms with van der Waals surface area (Å²) in [5.41, 5.74) is 6.74. The summed E-state index contributed by atoms with van der Waals surface area (Å²) in [5.74, 6) is -0.278. The molecule has 0 bridgehead atoms. The normalized spacial score (nSPS) is 24.3. The van der Waals surface area contributed by atoms with Gasteiger partial charge in [0.2, 0.25) is 5.91 Å². The second-order valence-electron chi connectivity index (χ2n) is 10.8. The number of likely N-dealkylation sites (tertiary alicyclic amines) is 1. The standard InChI is InChI=1S/C29H33FN4O3/c1-17(2)27(26-13-18(3)32-37-26)28(36)34-16-21(35)14-25(34)24-15-29(4,33-31-24)20-11-9-19(10-12-20)22-7-5-6-8-23(22)30/h5-13,17,21,25,27,33,35H,14-16H2,1-4H3/t21?,25-,27+,29?/m0/s1. The Morgan fingerprint density at radius 3 is 2.59 bits per heavy atom. The van der Waals surface area contributed by atoms with E-state index < -0.39 is 17.6 Å². The average Bonchev–Trinajstić information content (AvgIpc) is 3.58. The second-order valence-corrected chi connectivity index (χ2v) is 10.8. The Morgan fingerprint density at radius 2 is 1.95 bits per heavy atom. The third-order valence-electron chi connectivity index (χ3n) is 7.52. The summed E-state index contributed by atoms with van der Waals surface area (Å²) >= 11 is 0. The Morgan fingerprint density at radius 1 is 1.22 bits per heavy atom. The van der Waals surface area contributed by atoms with Crippen molar-refractivity contribution < 1.29 is 18.8 Å². The maximum Gasteiger partial charge on any atom is 0.234 e. The number of hydrogen-bond acceptors (Lipinski definition) is 6. The van der Waals surface area contributed by atoms with Gasteiger partial charge in [-0.1, -0.05) is 61.5 Å². The first-order valence-electron chi connectivity index (χ1n) is 12.8. The lowest BCUT2D eigenvalue weighted by molar-refractivity contribution is -0.134. The van der Waals surface area contributed by atoms with Gasteiger partial charge in [0.15, 0.2) is 0 Å². The lowest BCUT2D eigenvalue weighted by Gasteiger charge is -2.30. The summed E-state index contributed by atoms with van der Waals surface area (Å²) in [6, 6.07) is 16.0. The first kappa shape index (κ1) is 25.1. The zero-order valence-electron chi connectivity index (χ0n) is 21.6. The van der Waals surface area contributed by atoms with Crippen LogP contribution in [0.25, 0.3) is 11.1 Å². The highest BCUT2D eigenvalue weighted by atomic mass is 19.1. The number of aromatic nitrogens is 1. The minimum Gasteiger partial charge on any atom is -0.391 e.